The Morgan fingerprint density at radius 1 is 1.36 bits per heavy atom. The summed E-state index contributed by atoms with van der Waals surface area (Å²) in [7, 11) is 0. The molecule has 4 bridgehead atoms. The zero-order valence-electron chi connectivity index (χ0n) is 7.29. The summed E-state index contributed by atoms with van der Waals surface area (Å²) in [5.41, 5.74) is 9.50. The van der Waals surface area contributed by atoms with Gasteiger partial charge in [0.15, 0.2) is 0 Å². The molecule has 0 saturated heterocycles. The number of hydrogen-bond donors (Lipinski definition) is 2. The van der Waals surface area contributed by atoms with E-state index in [-0.39, 0.29) is 23.7 Å². The van der Waals surface area contributed by atoms with Gasteiger partial charge in [-0.25, -0.2) is 0 Å². The van der Waals surface area contributed by atoms with Crippen molar-refractivity contribution in [2.75, 3.05) is 0 Å². The largest absolute Gasteiger partial charge is 0.369 e. The highest BCUT2D eigenvalue weighted by Crippen LogP contribution is 2.86. The van der Waals surface area contributed by atoms with E-state index >= 15 is 0 Å². The second-order valence-corrected chi connectivity index (χ2v) is 4.88. The van der Waals surface area contributed by atoms with Crippen LogP contribution in [0.2, 0.25) is 0 Å². The van der Waals surface area contributed by atoms with Crippen molar-refractivity contribution in [1.29, 1.82) is 0 Å². The van der Waals surface area contributed by atoms with E-state index < -0.39 is 10.8 Å². The lowest BCUT2D eigenvalue weighted by atomic mass is 9.26. The molecule has 3 saturated carbocycles. The average molecular weight is 213 g/mol. The first kappa shape index (κ1) is 8.29. The van der Waals surface area contributed by atoms with Gasteiger partial charge in [-0.1, -0.05) is 17.7 Å². The molecule has 2 unspecified atom stereocenters. The molecule has 14 heavy (non-hydrogen) atoms. The predicted octanol–water partition coefficient (Wildman–Crippen LogP) is -0.284. The lowest BCUT2D eigenvalue weighted by Crippen LogP contribution is -2.81. The lowest BCUT2D eigenvalue weighted by molar-refractivity contribution is -0.256. The molecule has 5 aliphatic rings. The molecule has 0 aromatic heterocycles. The fourth-order valence-electron chi connectivity index (χ4n) is 3.64. The van der Waals surface area contributed by atoms with Gasteiger partial charge in [0.2, 0.25) is 11.8 Å². The van der Waals surface area contributed by atoms with Gasteiger partial charge in [-0.15, -0.1) is 0 Å². The number of rotatable bonds is 2. The number of nitrogens with two attached hydrogens (primary N) is 2. The maximum atomic E-state index is 11.3. The summed E-state index contributed by atoms with van der Waals surface area (Å²) < 4.78 is 0. The van der Waals surface area contributed by atoms with Gasteiger partial charge >= 0.3 is 0 Å². The maximum absolute atomic E-state index is 11.3. The number of carbonyl (C=O) groups excluding carboxylic acids is 2. The minimum absolute atomic E-state index is 0.137. The number of halogens is 1. The monoisotopic (exact) mass is 212 g/mol. The van der Waals surface area contributed by atoms with Crippen LogP contribution in [0.25, 0.3) is 0 Å². The summed E-state index contributed by atoms with van der Waals surface area (Å²) in [6, 6.07) is 0. The van der Waals surface area contributed by atoms with E-state index in [9.17, 15) is 9.59 Å². The zero-order chi connectivity index (χ0) is 10.3. The molecule has 0 aromatic rings. The summed E-state index contributed by atoms with van der Waals surface area (Å²) in [6.07, 6.45) is 2.25. The molecule has 0 aliphatic heterocycles. The smallest absolute Gasteiger partial charge is 0.225 e. The Morgan fingerprint density at radius 2 is 1.86 bits per heavy atom. The van der Waals surface area contributed by atoms with Gasteiger partial charge in [0.25, 0.3) is 0 Å². The quantitative estimate of drug-likeness (QED) is 0.660. The second kappa shape index (κ2) is 1.84. The summed E-state index contributed by atoms with van der Waals surface area (Å²) in [5.74, 6) is -1.08. The highest BCUT2D eigenvalue weighted by Gasteiger charge is 2.90. The van der Waals surface area contributed by atoms with Crippen molar-refractivity contribution >= 4 is 23.4 Å². The van der Waals surface area contributed by atoms with E-state index in [1.807, 2.05) is 0 Å². The van der Waals surface area contributed by atoms with Crippen molar-refractivity contribution in [3.05, 3.63) is 11.1 Å². The van der Waals surface area contributed by atoms with E-state index in [1.54, 1.807) is 6.08 Å². The third-order valence-electron chi connectivity index (χ3n) is 4.24. The normalized spacial score (nSPS) is 51.6. The molecule has 4 N–H and O–H groups in total. The van der Waals surface area contributed by atoms with Crippen LogP contribution in [0.3, 0.4) is 0 Å². The molecule has 74 valence electrons. The van der Waals surface area contributed by atoms with E-state index in [0.29, 0.717) is 11.5 Å². The van der Waals surface area contributed by atoms with Crippen LogP contribution in [0, 0.1) is 22.7 Å². The minimum Gasteiger partial charge on any atom is -0.369 e. The van der Waals surface area contributed by atoms with E-state index in [4.69, 9.17) is 23.1 Å². The Morgan fingerprint density at radius 3 is 2.14 bits per heavy atom. The first-order valence-electron chi connectivity index (χ1n) is 4.45. The van der Waals surface area contributed by atoms with Crippen molar-refractivity contribution in [2.45, 2.75) is 6.42 Å². The SMILES string of the molecule is NC(=O)C12CC3(C(N)=O)C1C=C(Cl)C23. The molecule has 5 heteroatoms. The van der Waals surface area contributed by atoms with Crippen LogP contribution in [0.1, 0.15) is 6.42 Å². The van der Waals surface area contributed by atoms with Crippen molar-refractivity contribution in [2.24, 2.45) is 34.1 Å². The molecule has 0 aromatic carbocycles. The molecule has 2 amide bonds. The van der Waals surface area contributed by atoms with Crippen LogP contribution in [-0.2, 0) is 9.59 Å². The van der Waals surface area contributed by atoms with Crippen LogP contribution >= 0.6 is 11.6 Å². The number of amides is 2. The number of primary amides is 2. The van der Waals surface area contributed by atoms with Crippen LogP contribution in [0.15, 0.2) is 11.1 Å². The lowest BCUT2D eigenvalue weighted by Gasteiger charge is -2.73. The van der Waals surface area contributed by atoms with Crippen molar-refractivity contribution < 1.29 is 9.59 Å². The molecule has 0 radical (unpaired) electrons. The molecule has 2 atom stereocenters. The Labute approximate surface area is 85.3 Å². The molecular weight excluding hydrogens is 204 g/mol. The first-order valence-corrected chi connectivity index (χ1v) is 4.83. The Balaban J connectivity index is 2.06. The molecule has 5 aliphatic carbocycles. The van der Waals surface area contributed by atoms with Crippen molar-refractivity contribution in [3.8, 4) is 0 Å². The van der Waals surface area contributed by atoms with E-state index in [0.717, 1.165) is 0 Å². The van der Waals surface area contributed by atoms with Gasteiger partial charge in [0, 0.05) is 16.9 Å². The molecule has 4 nitrogen and oxygen atoms in total. The highest BCUT2D eigenvalue weighted by molar-refractivity contribution is 6.32. The van der Waals surface area contributed by atoms with Crippen LogP contribution < -0.4 is 11.5 Å². The van der Waals surface area contributed by atoms with Gasteiger partial charge in [-0.05, 0) is 6.42 Å². The van der Waals surface area contributed by atoms with Crippen LogP contribution in [0.4, 0.5) is 0 Å². The third-order valence-corrected chi connectivity index (χ3v) is 4.59. The Hall–Kier alpha value is -1.03. The summed E-state index contributed by atoms with van der Waals surface area (Å²) in [4.78, 5) is 22.6. The van der Waals surface area contributed by atoms with Crippen LogP contribution in [-0.4, -0.2) is 11.8 Å². The average Bonchev–Trinajstić information content (AvgIpc) is 2.32. The number of carbonyl (C=O) groups is 2. The minimum atomic E-state index is -0.577. The standard InChI is InChI=1S/C9H9ClN2O2/c10-3-1-4-8(6(11)13)2-9(4,5(3)8)7(12)14/h1,4-5H,2H2,(H2,11,13)(H2,12,14). The van der Waals surface area contributed by atoms with Crippen molar-refractivity contribution in [1.82, 2.24) is 0 Å². The molecule has 0 spiro atoms. The highest BCUT2D eigenvalue weighted by atomic mass is 35.5. The predicted molar refractivity (Wildman–Crippen MR) is 48.8 cm³/mol. The number of allylic oxidation sites excluding steroid dienone is 2. The summed E-state index contributed by atoms with van der Waals surface area (Å²) >= 11 is 5.94. The molecular formula is C9H9ClN2O2. The second-order valence-electron chi connectivity index (χ2n) is 4.45. The van der Waals surface area contributed by atoms with E-state index in [2.05, 4.69) is 0 Å². The summed E-state index contributed by atoms with van der Waals surface area (Å²) in [5, 5.41) is 0.582. The van der Waals surface area contributed by atoms with Gasteiger partial charge in [0.05, 0.1) is 10.8 Å². The molecule has 3 fully saturated rings. The molecule has 0 heterocycles. The van der Waals surface area contributed by atoms with E-state index in [1.165, 1.54) is 0 Å². The fraction of sp³-hybridized carbons (Fsp3) is 0.556. The first-order chi connectivity index (χ1) is 6.48. The summed E-state index contributed by atoms with van der Waals surface area (Å²) in [6.45, 7) is 0. The fourth-order valence-corrected chi connectivity index (χ4v) is 4.15. The Bertz CT molecular complexity index is 391. The van der Waals surface area contributed by atoms with Gasteiger partial charge < -0.3 is 11.5 Å². The Kier molecular flexibility index (Phi) is 1.09. The maximum Gasteiger partial charge on any atom is 0.225 e. The molecule has 5 rings (SSSR count). The van der Waals surface area contributed by atoms with Gasteiger partial charge in [-0.2, -0.15) is 0 Å². The third kappa shape index (κ3) is 0.455. The van der Waals surface area contributed by atoms with Crippen molar-refractivity contribution in [3.63, 3.8) is 0 Å². The van der Waals surface area contributed by atoms with Gasteiger partial charge in [-0.3, -0.25) is 9.59 Å². The number of hydrogen-bond acceptors (Lipinski definition) is 2. The van der Waals surface area contributed by atoms with Gasteiger partial charge in [0.1, 0.15) is 0 Å². The van der Waals surface area contributed by atoms with Crippen LogP contribution in [0.5, 0.6) is 0 Å². The topological polar surface area (TPSA) is 86.2 Å². The zero-order valence-corrected chi connectivity index (χ0v) is 8.04.